The highest BCUT2D eigenvalue weighted by Crippen LogP contribution is 2.34. The van der Waals surface area contributed by atoms with E-state index < -0.39 is 21.9 Å². The Balaban J connectivity index is 2.17. The SMILES string of the molecule is CCC(C(=O)O)c1cc2ccccc2cc1NS(=O)(=O)c1ccccc1O. The number of anilines is 1. The molecule has 0 saturated carbocycles. The zero-order valence-electron chi connectivity index (χ0n) is 14.6. The van der Waals surface area contributed by atoms with E-state index in [1.165, 1.54) is 24.3 Å². The molecule has 0 fully saturated rings. The predicted molar refractivity (Wildman–Crippen MR) is 104 cm³/mol. The van der Waals surface area contributed by atoms with Crippen molar-refractivity contribution in [2.45, 2.75) is 24.2 Å². The van der Waals surface area contributed by atoms with Gasteiger partial charge in [-0.1, -0.05) is 43.3 Å². The van der Waals surface area contributed by atoms with Crippen molar-refractivity contribution >= 4 is 32.5 Å². The Labute approximate surface area is 157 Å². The molecule has 7 heteroatoms. The van der Waals surface area contributed by atoms with E-state index >= 15 is 0 Å². The molecule has 6 nitrogen and oxygen atoms in total. The Bertz CT molecular complexity index is 1110. The Morgan fingerprint density at radius 2 is 1.63 bits per heavy atom. The van der Waals surface area contributed by atoms with Gasteiger partial charge in [-0.05, 0) is 47.0 Å². The number of sulfonamides is 1. The molecule has 3 aromatic carbocycles. The minimum absolute atomic E-state index is 0.186. The number of aromatic hydroxyl groups is 1. The first-order valence-electron chi connectivity index (χ1n) is 8.40. The molecule has 0 amide bonds. The van der Waals surface area contributed by atoms with Crippen LogP contribution in [-0.2, 0) is 14.8 Å². The molecule has 0 radical (unpaired) electrons. The van der Waals surface area contributed by atoms with Crippen LogP contribution in [0.25, 0.3) is 10.8 Å². The minimum atomic E-state index is -4.10. The Hall–Kier alpha value is -3.06. The normalized spacial score (nSPS) is 12.6. The maximum Gasteiger partial charge on any atom is 0.311 e. The molecule has 1 unspecified atom stereocenters. The van der Waals surface area contributed by atoms with Gasteiger partial charge >= 0.3 is 5.97 Å². The molecule has 0 spiro atoms. The van der Waals surface area contributed by atoms with Crippen molar-refractivity contribution < 1.29 is 23.4 Å². The van der Waals surface area contributed by atoms with Gasteiger partial charge in [0.1, 0.15) is 10.6 Å². The molecular weight excluding hydrogens is 366 g/mol. The third-order valence-corrected chi connectivity index (χ3v) is 5.81. The Morgan fingerprint density at radius 1 is 1.04 bits per heavy atom. The van der Waals surface area contributed by atoms with E-state index in [4.69, 9.17) is 0 Å². The molecule has 1 atom stereocenters. The van der Waals surface area contributed by atoms with Gasteiger partial charge in [0.25, 0.3) is 10.0 Å². The monoisotopic (exact) mass is 385 g/mol. The Morgan fingerprint density at radius 3 is 2.22 bits per heavy atom. The van der Waals surface area contributed by atoms with Crippen molar-refractivity contribution in [3.63, 3.8) is 0 Å². The minimum Gasteiger partial charge on any atom is -0.507 e. The summed E-state index contributed by atoms with van der Waals surface area (Å²) in [5.74, 6) is -2.27. The molecule has 27 heavy (non-hydrogen) atoms. The van der Waals surface area contributed by atoms with E-state index in [0.717, 1.165) is 10.8 Å². The quantitative estimate of drug-likeness (QED) is 0.597. The second-order valence-electron chi connectivity index (χ2n) is 6.16. The molecule has 3 rings (SSSR count). The summed E-state index contributed by atoms with van der Waals surface area (Å²) in [5, 5.41) is 21.1. The van der Waals surface area contributed by atoms with Crippen molar-refractivity contribution in [1.29, 1.82) is 0 Å². The van der Waals surface area contributed by atoms with E-state index in [1.54, 1.807) is 19.1 Å². The number of carboxylic acid groups (broad SMARTS) is 1. The number of para-hydroxylation sites is 1. The fourth-order valence-electron chi connectivity index (χ4n) is 3.05. The van der Waals surface area contributed by atoms with Gasteiger partial charge in [0.15, 0.2) is 0 Å². The molecule has 0 heterocycles. The van der Waals surface area contributed by atoms with Crippen LogP contribution in [0, 0.1) is 0 Å². The van der Waals surface area contributed by atoms with Crippen LogP contribution in [0.1, 0.15) is 24.8 Å². The van der Waals surface area contributed by atoms with Crippen molar-refractivity contribution in [3.8, 4) is 5.75 Å². The summed E-state index contributed by atoms with van der Waals surface area (Å²) in [6.45, 7) is 1.73. The largest absolute Gasteiger partial charge is 0.507 e. The smallest absolute Gasteiger partial charge is 0.311 e. The van der Waals surface area contributed by atoms with Gasteiger partial charge in [0.2, 0.25) is 0 Å². The first-order valence-corrected chi connectivity index (χ1v) is 9.88. The summed E-state index contributed by atoms with van der Waals surface area (Å²) < 4.78 is 28.0. The summed E-state index contributed by atoms with van der Waals surface area (Å²) in [4.78, 5) is 11.4. The summed E-state index contributed by atoms with van der Waals surface area (Å²) in [7, 11) is -4.10. The fourth-order valence-corrected chi connectivity index (χ4v) is 4.22. The number of nitrogens with one attached hydrogen (secondary N) is 1. The maximum atomic E-state index is 12.8. The first kappa shape index (κ1) is 18.7. The van der Waals surface area contributed by atoms with Crippen LogP contribution in [0.5, 0.6) is 5.75 Å². The molecule has 3 N–H and O–H groups in total. The molecule has 0 aromatic heterocycles. The van der Waals surface area contributed by atoms with Crippen molar-refractivity contribution in [2.75, 3.05) is 4.72 Å². The number of carbonyl (C=O) groups is 1. The van der Waals surface area contributed by atoms with Crippen molar-refractivity contribution in [1.82, 2.24) is 0 Å². The summed E-state index contributed by atoms with van der Waals surface area (Å²) in [5.41, 5.74) is 0.564. The highest BCUT2D eigenvalue weighted by atomic mass is 32.2. The Kier molecular flexibility index (Phi) is 5.05. The molecule has 0 aliphatic carbocycles. The lowest BCUT2D eigenvalue weighted by Crippen LogP contribution is -2.18. The van der Waals surface area contributed by atoms with Crippen LogP contribution >= 0.6 is 0 Å². The molecule has 0 saturated heterocycles. The number of aliphatic carboxylic acids is 1. The number of phenols is 1. The van der Waals surface area contributed by atoms with Crippen LogP contribution < -0.4 is 4.72 Å². The second kappa shape index (κ2) is 7.28. The number of hydrogen-bond donors (Lipinski definition) is 3. The number of benzene rings is 3. The number of rotatable bonds is 6. The van der Waals surface area contributed by atoms with Crippen molar-refractivity contribution in [2.24, 2.45) is 0 Å². The maximum absolute atomic E-state index is 12.8. The fraction of sp³-hybridized carbons (Fsp3) is 0.150. The van der Waals surface area contributed by atoms with E-state index in [2.05, 4.69) is 4.72 Å². The molecule has 0 bridgehead atoms. The van der Waals surface area contributed by atoms with Crippen molar-refractivity contribution in [3.05, 3.63) is 66.2 Å². The topological polar surface area (TPSA) is 104 Å². The standard InChI is InChI=1S/C20H19NO5S/c1-2-15(20(23)24)16-11-13-7-3-4-8-14(13)12-17(16)21-27(25,26)19-10-6-5-9-18(19)22/h3-12,15,21-22H,2H2,1H3,(H,23,24). The van der Waals surface area contributed by atoms with E-state index in [1.807, 2.05) is 24.3 Å². The first-order chi connectivity index (χ1) is 12.8. The van der Waals surface area contributed by atoms with Crippen LogP contribution in [0.2, 0.25) is 0 Å². The molecule has 140 valence electrons. The summed E-state index contributed by atoms with van der Waals surface area (Å²) >= 11 is 0. The summed E-state index contributed by atoms with van der Waals surface area (Å²) in [6, 6.07) is 16.2. The van der Waals surface area contributed by atoms with Crippen LogP contribution in [0.4, 0.5) is 5.69 Å². The predicted octanol–water partition coefficient (Wildman–Crippen LogP) is 3.92. The summed E-state index contributed by atoms with van der Waals surface area (Å²) in [6.07, 6.45) is 0.305. The highest BCUT2D eigenvalue weighted by Gasteiger charge is 2.25. The van der Waals surface area contributed by atoms with Gasteiger partial charge < -0.3 is 10.2 Å². The zero-order valence-corrected chi connectivity index (χ0v) is 15.4. The number of carboxylic acids is 1. The van der Waals surface area contributed by atoms with Gasteiger partial charge in [-0.2, -0.15) is 0 Å². The number of phenolic OH excluding ortho intramolecular Hbond substituents is 1. The van der Waals surface area contributed by atoms with E-state index in [-0.39, 0.29) is 16.3 Å². The number of hydrogen-bond acceptors (Lipinski definition) is 4. The molecule has 0 aliphatic heterocycles. The van der Waals surface area contributed by atoms with E-state index in [0.29, 0.717) is 12.0 Å². The lowest BCUT2D eigenvalue weighted by Gasteiger charge is -2.18. The van der Waals surface area contributed by atoms with Crippen LogP contribution in [0.15, 0.2) is 65.6 Å². The highest BCUT2D eigenvalue weighted by molar-refractivity contribution is 7.92. The van der Waals surface area contributed by atoms with Gasteiger partial charge in [-0.3, -0.25) is 9.52 Å². The average molecular weight is 385 g/mol. The number of fused-ring (bicyclic) bond motifs is 1. The second-order valence-corrected chi connectivity index (χ2v) is 7.81. The average Bonchev–Trinajstić information content (AvgIpc) is 2.62. The van der Waals surface area contributed by atoms with Crippen LogP contribution in [-0.4, -0.2) is 24.6 Å². The molecule has 0 aliphatic rings. The lowest BCUT2D eigenvalue weighted by molar-refractivity contribution is -0.138. The molecular formula is C20H19NO5S. The van der Waals surface area contributed by atoms with Gasteiger partial charge in [-0.15, -0.1) is 0 Å². The van der Waals surface area contributed by atoms with Gasteiger partial charge in [0.05, 0.1) is 11.6 Å². The van der Waals surface area contributed by atoms with Crippen LogP contribution in [0.3, 0.4) is 0 Å². The third-order valence-electron chi connectivity index (χ3n) is 4.40. The zero-order chi connectivity index (χ0) is 19.6. The molecule has 3 aromatic rings. The van der Waals surface area contributed by atoms with Gasteiger partial charge in [-0.25, -0.2) is 8.42 Å². The van der Waals surface area contributed by atoms with Gasteiger partial charge in [0, 0.05) is 0 Å². The van der Waals surface area contributed by atoms with E-state index in [9.17, 15) is 23.4 Å². The lowest BCUT2D eigenvalue weighted by atomic mass is 9.92. The third kappa shape index (κ3) is 3.73.